The van der Waals surface area contributed by atoms with Gasteiger partial charge in [0.05, 0.1) is 0 Å². The van der Waals surface area contributed by atoms with E-state index in [1.165, 1.54) is 0 Å². The van der Waals surface area contributed by atoms with Gasteiger partial charge in [-0.1, -0.05) is 19.4 Å². The minimum absolute atomic E-state index is 0.105. The van der Waals surface area contributed by atoms with Crippen molar-refractivity contribution in [1.82, 2.24) is 0 Å². The van der Waals surface area contributed by atoms with Gasteiger partial charge >= 0.3 is 0 Å². The fourth-order valence-corrected chi connectivity index (χ4v) is 1.67. The molecule has 1 amide bonds. The number of unbranched alkanes of at least 4 members (excludes halogenated alkanes) is 1. The van der Waals surface area contributed by atoms with Crippen LogP contribution >= 0.6 is 22.6 Å². The largest absolute Gasteiger partial charge is 0.326 e. The highest BCUT2D eigenvalue weighted by Gasteiger charge is 2.00. The van der Waals surface area contributed by atoms with Gasteiger partial charge in [-0.15, -0.1) is 0 Å². The van der Waals surface area contributed by atoms with Crippen molar-refractivity contribution >= 4 is 34.2 Å². The van der Waals surface area contributed by atoms with Crippen LogP contribution in [0.4, 0.5) is 5.69 Å². The normalized spacial score (nSPS) is 9.86. The van der Waals surface area contributed by atoms with E-state index in [9.17, 15) is 4.79 Å². The van der Waals surface area contributed by atoms with Gasteiger partial charge in [0.1, 0.15) is 0 Å². The molecular formula is C11H14INO. The van der Waals surface area contributed by atoms with Crippen LogP contribution in [-0.2, 0) is 4.79 Å². The molecule has 1 N–H and O–H groups in total. The molecule has 3 heteroatoms. The van der Waals surface area contributed by atoms with E-state index in [0.717, 1.165) is 22.1 Å². The van der Waals surface area contributed by atoms with Crippen molar-refractivity contribution in [3.05, 3.63) is 27.8 Å². The molecule has 0 saturated carbocycles. The second-order valence-corrected chi connectivity index (χ2v) is 4.41. The zero-order valence-electron chi connectivity index (χ0n) is 8.22. The van der Waals surface area contributed by atoms with Crippen molar-refractivity contribution in [2.24, 2.45) is 0 Å². The van der Waals surface area contributed by atoms with E-state index >= 15 is 0 Å². The lowest BCUT2D eigenvalue weighted by molar-refractivity contribution is -0.116. The number of amides is 1. The SMILES string of the molecule is CCCCC(=O)Nc1cccc(I)c1. The third-order valence-corrected chi connectivity index (χ3v) is 2.54. The quantitative estimate of drug-likeness (QED) is 0.848. The van der Waals surface area contributed by atoms with E-state index in [4.69, 9.17) is 0 Å². The van der Waals surface area contributed by atoms with E-state index in [2.05, 4.69) is 34.8 Å². The van der Waals surface area contributed by atoms with Crippen LogP contribution in [0.3, 0.4) is 0 Å². The summed E-state index contributed by atoms with van der Waals surface area (Å²) in [5.41, 5.74) is 0.887. The van der Waals surface area contributed by atoms with E-state index in [1.54, 1.807) is 0 Å². The number of hydrogen-bond donors (Lipinski definition) is 1. The van der Waals surface area contributed by atoms with Gasteiger partial charge in [0.25, 0.3) is 0 Å². The third kappa shape index (κ3) is 4.09. The second-order valence-electron chi connectivity index (χ2n) is 3.16. The predicted octanol–water partition coefficient (Wildman–Crippen LogP) is 3.42. The second kappa shape index (κ2) is 6.01. The van der Waals surface area contributed by atoms with Crippen molar-refractivity contribution in [2.45, 2.75) is 26.2 Å². The third-order valence-electron chi connectivity index (χ3n) is 1.87. The molecule has 0 unspecified atom stereocenters. The number of rotatable bonds is 4. The molecule has 1 rings (SSSR count). The highest BCUT2D eigenvalue weighted by atomic mass is 127. The molecule has 0 heterocycles. The predicted molar refractivity (Wildman–Crippen MR) is 67.3 cm³/mol. The molecule has 0 radical (unpaired) electrons. The Labute approximate surface area is 98.2 Å². The van der Waals surface area contributed by atoms with E-state index in [-0.39, 0.29) is 5.91 Å². The first-order chi connectivity index (χ1) is 6.72. The molecule has 0 aliphatic carbocycles. The summed E-state index contributed by atoms with van der Waals surface area (Å²) in [6, 6.07) is 7.82. The number of carbonyl (C=O) groups excluding carboxylic acids is 1. The smallest absolute Gasteiger partial charge is 0.224 e. The van der Waals surface area contributed by atoms with Gasteiger partial charge in [0.15, 0.2) is 0 Å². The van der Waals surface area contributed by atoms with Gasteiger partial charge in [-0.3, -0.25) is 4.79 Å². The number of anilines is 1. The van der Waals surface area contributed by atoms with Crippen molar-refractivity contribution < 1.29 is 4.79 Å². The molecule has 1 aromatic carbocycles. The molecule has 0 spiro atoms. The van der Waals surface area contributed by atoms with Crippen LogP contribution in [0.2, 0.25) is 0 Å². The lowest BCUT2D eigenvalue weighted by atomic mass is 10.2. The van der Waals surface area contributed by atoms with Crippen molar-refractivity contribution in [3.8, 4) is 0 Å². The Bertz CT molecular complexity index is 312. The Hall–Kier alpha value is -0.580. The maximum absolute atomic E-state index is 11.4. The molecule has 0 aliphatic rings. The lowest BCUT2D eigenvalue weighted by Gasteiger charge is -2.04. The molecule has 0 fully saturated rings. The summed E-state index contributed by atoms with van der Waals surface area (Å²) in [5.74, 6) is 0.105. The van der Waals surface area contributed by atoms with Crippen molar-refractivity contribution in [1.29, 1.82) is 0 Å². The highest BCUT2D eigenvalue weighted by molar-refractivity contribution is 14.1. The van der Waals surface area contributed by atoms with Crippen LogP contribution in [0.1, 0.15) is 26.2 Å². The number of hydrogen-bond acceptors (Lipinski definition) is 1. The maximum Gasteiger partial charge on any atom is 0.224 e. The Balaban J connectivity index is 2.47. The average Bonchev–Trinajstić information content (AvgIpc) is 2.15. The number of benzene rings is 1. The zero-order valence-corrected chi connectivity index (χ0v) is 10.4. The Morgan fingerprint density at radius 3 is 2.93 bits per heavy atom. The molecule has 2 nitrogen and oxygen atoms in total. The maximum atomic E-state index is 11.4. The summed E-state index contributed by atoms with van der Waals surface area (Å²) in [6.45, 7) is 2.08. The summed E-state index contributed by atoms with van der Waals surface area (Å²) >= 11 is 2.23. The topological polar surface area (TPSA) is 29.1 Å². The minimum Gasteiger partial charge on any atom is -0.326 e. The number of carbonyl (C=O) groups is 1. The Morgan fingerprint density at radius 2 is 2.29 bits per heavy atom. The van der Waals surface area contributed by atoms with Gasteiger partial charge in [0, 0.05) is 15.7 Å². The Kier molecular flexibility index (Phi) is 4.93. The van der Waals surface area contributed by atoms with E-state index in [1.807, 2.05) is 24.3 Å². The summed E-state index contributed by atoms with van der Waals surface area (Å²) in [5, 5.41) is 2.87. The fraction of sp³-hybridized carbons (Fsp3) is 0.364. The summed E-state index contributed by atoms with van der Waals surface area (Å²) < 4.78 is 1.14. The Morgan fingerprint density at radius 1 is 1.50 bits per heavy atom. The standard InChI is InChI=1S/C11H14INO/c1-2-3-7-11(14)13-10-6-4-5-9(12)8-10/h4-6,8H,2-3,7H2,1H3,(H,13,14). The first-order valence-corrected chi connectivity index (χ1v) is 5.85. The average molecular weight is 303 g/mol. The van der Waals surface area contributed by atoms with Crippen molar-refractivity contribution in [2.75, 3.05) is 5.32 Å². The molecule has 0 bridgehead atoms. The molecular weight excluding hydrogens is 289 g/mol. The zero-order chi connectivity index (χ0) is 10.4. The highest BCUT2D eigenvalue weighted by Crippen LogP contribution is 2.12. The molecule has 0 saturated heterocycles. The van der Waals surface area contributed by atoms with Crippen LogP contribution in [0.15, 0.2) is 24.3 Å². The minimum atomic E-state index is 0.105. The monoisotopic (exact) mass is 303 g/mol. The van der Waals surface area contributed by atoms with Crippen LogP contribution in [0.5, 0.6) is 0 Å². The van der Waals surface area contributed by atoms with Gasteiger partial charge < -0.3 is 5.32 Å². The van der Waals surface area contributed by atoms with Crippen molar-refractivity contribution in [3.63, 3.8) is 0 Å². The summed E-state index contributed by atoms with van der Waals surface area (Å²) in [7, 11) is 0. The van der Waals surface area contributed by atoms with Crippen LogP contribution in [0, 0.1) is 3.57 Å². The molecule has 14 heavy (non-hydrogen) atoms. The fourth-order valence-electron chi connectivity index (χ4n) is 1.13. The lowest BCUT2D eigenvalue weighted by Crippen LogP contribution is -2.10. The molecule has 0 aliphatic heterocycles. The summed E-state index contributed by atoms with van der Waals surface area (Å²) in [4.78, 5) is 11.4. The van der Waals surface area contributed by atoms with Gasteiger partial charge in [-0.05, 0) is 47.2 Å². The van der Waals surface area contributed by atoms with Crippen LogP contribution in [-0.4, -0.2) is 5.91 Å². The number of nitrogens with one attached hydrogen (secondary N) is 1. The first kappa shape index (κ1) is 11.5. The molecule has 0 aromatic heterocycles. The number of halogens is 1. The van der Waals surface area contributed by atoms with E-state index < -0.39 is 0 Å². The van der Waals surface area contributed by atoms with Gasteiger partial charge in [-0.25, -0.2) is 0 Å². The van der Waals surface area contributed by atoms with Gasteiger partial charge in [0.2, 0.25) is 5.91 Å². The van der Waals surface area contributed by atoms with E-state index in [0.29, 0.717) is 6.42 Å². The molecule has 0 atom stereocenters. The van der Waals surface area contributed by atoms with Crippen LogP contribution < -0.4 is 5.32 Å². The first-order valence-electron chi connectivity index (χ1n) is 4.78. The van der Waals surface area contributed by atoms with Gasteiger partial charge in [-0.2, -0.15) is 0 Å². The molecule has 1 aromatic rings. The van der Waals surface area contributed by atoms with Crippen LogP contribution in [0.25, 0.3) is 0 Å². The summed E-state index contributed by atoms with van der Waals surface area (Å²) in [6.07, 6.45) is 2.62. The molecule has 76 valence electrons.